The van der Waals surface area contributed by atoms with Crippen molar-refractivity contribution < 1.29 is 5.11 Å². The van der Waals surface area contributed by atoms with E-state index in [0.29, 0.717) is 18.8 Å². The van der Waals surface area contributed by atoms with Crippen LogP contribution in [0.25, 0.3) is 16.9 Å². The van der Waals surface area contributed by atoms with Crippen molar-refractivity contribution in [2.24, 2.45) is 5.92 Å². The zero-order valence-corrected chi connectivity index (χ0v) is 19.2. The quantitative estimate of drug-likeness (QED) is 0.455. The smallest absolute Gasteiger partial charge is 0.153 e. The SMILES string of the molecule is Cc1ccc(Nc2ccc3c(c2)ncn3-c2ccc(CCO)c(N3C[C@H](C#N)C[C@@H]3C)n2)nn1. The molecule has 3 aromatic heterocycles. The van der Waals surface area contributed by atoms with Crippen molar-refractivity contribution >= 4 is 28.4 Å². The first-order valence-corrected chi connectivity index (χ1v) is 11.4. The standard InChI is InChI=1S/C25H26N8O/c1-16-3-7-23(31-30-16)28-20-5-6-22-21(12-20)27-15-33(22)24-8-4-19(9-10-34)25(29-24)32-14-18(13-26)11-17(32)2/h3-8,12,15,17-18,34H,9-11,14H2,1-2H3,(H,28,31)/t17-,18-/m0/s1. The summed E-state index contributed by atoms with van der Waals surface area (Å²) in [5.41, 5.74) is 4.47. The zero-order valence-electron chi connectivity index (χ0n) is 19.2. The monoisotopic (exact) mass is 454 g/mol. The maximum Gasteiger partial charge on any atom is 0.153 e. The van der Waals surface area contributed by atoms with E-state index in [9.17, 15) is 10.4 Å². The fourth-order valence-electron chi connectivity index (χ4n) is 4.47. The number of anilines is 3. The van der Waals surface area contributed by atoms with E-state index in [0.717, 1.165) is 46.0 Å². The van der Waals surface area contributed by atoms with Crippen molar-refractivity contribution in [1.29, 1.82) is 5.26 Å². The van der Waals surface area contributed by atoms with Gasteiger partial charge in [-0.2, -0.15) is 10.4 Å². The number of imidazole rings is 1. The fourth-order valence-corrected chi connectivity index (χ4v) is 4.47. The second-order valence-electron chi connectivity index (χ2n) is 8.69. The van der Waals surface area contributed by atoms with Crippen LogP contribution in [0.1, 0.15) is 24.6 Å². The summed E-state index contributed by atoms with van der Waals surface area (Å²) in [6.45, 7) is 4.72. The average Bonchev–Trinajstić information content (AvgIpc) is 3.44. The Morgan fingerprint density at radius 3 is 2.79 bits per heavy atom. The molecule has 1 aliphatic rings. The van der Waals surface area contributed by atoms with Gasteiger partial charge in [0.25, 0.3) is 0 Å². The number of fused-ring (bicyclic) bond motifs is 1. The van der Waals surface area contributed by atoms with Gasteiger partial charge in [-0.1, -0.05) is 6.07 Å². The van der Waals surface area contributed by atoms with E-state index in [1.807, 2.05) is 54.0 Å². The Labute approximate surface area is 197 Å². The lowest BCUT2D eigenvalue weighted by molar-refractivity contribution is 0.299. The molecular weight excluding hydrogens is 428 g/mol. The van der Waals surface area contributed by atoms with Crippen molar-refractivity contribution in [3.8, 4) is 11.9 Å². The number of nitrogens with one attached hydrogen (secondary N) is 1. The van der Waals surface area contributed by atoms with Crippen LogP contribution in [0.3, 0.4) is 0 Å². The maximum atomic E-state index is 9.56. The number of hydrogen-bond acceptors (Lipinski definition) is 8. The van der Waals surface area contributed by atoms with Crippen LogP contribution < -0.4 is 10.2 Å². The highest BCUT2D eigenvalue weighted by Crippen LogP contribution is 2.32. The minimum Gasteiger partial charge on any atom is -0.396 e. The lowest BCUT2D eigenvalue weighted by Gasteiger charge is -2.25. The van der Waals surface area contributed by atoms with E-state index < -0.39 is 0 Å². The van der Waals surface area contributed by atoms with E-state index in [1.54, 1.807) is 6.33 Å². The van der Waals surface area contributed by atoms with Gasteiger partial charge in [0.15, 0.2) is 5.82 Å². The Morgan fingerprint density at radius 2 is 2.06 bits per heavy atom. The summed E-state index contributed by atoms with van der Waals surface area (Å²) in [6, 6.07) is 16.3. The third-order valence-electron chi connectivity index (χ3n) is 6.22. The highest BCUT2D eigenvalue weighted by Gasteiger charge is 2.31. The third kappa shape index (κ3) is 4.16. The summed E-state index contributed by atoms with van der Waals surface area (Å²) < 4.78 is 1.96. The van der Waals surface area contributed by atoms with Gasteiger partial charge in [-0.25, -0.2) is 9.97 Å². The summed E-state index contributed by atoms with van der Waals surface area (Å²) >= 11 is 0. The fraction of sp³-hybridized carbons (Fsp3) is 0.320. The molecule has 1 aliphatic heterocycles. The third-order valence-corrected chi connectivity index (χ3v) is 6.22. The van der Waals surface area contributed by atoms with E-state index in [2.05, 4.69) is 38.4 Å². The van der Waals surface area contributed by atoms with Gasteiger partial charge in [0, 0.05) is 24.9 Å². The molecule has 9 heteroatoms. The number of aryl methyl sites for hydroxylation is 1. The van der Waals surface area contributed by atoms with Gasteiger partial charge >= 0.3 is 0 Å². The highest BCUT2D eigenvalue weighted by atomic mass is 16.3. The van der Waals surface area contributed by atoms with Crippen molar-refractivity contribution in [1.82, 2.24) is 24.7 Å². The normalized spacial score (nSPS) is 17.8. The molecule has 0 aliphatic carbocycles. The summed E-state index contributed by atoms with van der Waals surface area (Å²) in [5, 5.41) is 30.5. The van der Waals surface area contributed by atoms with Crippen LogP contribution in [0.4, 0.5) is 17.3 Å². The molecule has 2 N–H and O–H groups in total. The predicted octanol–water partition coefficient (Wildman–Crippen LogP) is 3.54. The largest absolute Gasteiger partial charge is 0.396 e. The first-order chi connectivity index (χ1) is 16.6. The molecule has 1 aromatic carbocycles. The van der Waals surface area contributed by atoms with Crippen molar-refractivity contribution in [3.63, 3.8) is 0 Å². The van der Waals surface area contributed by atoms with Crippen LogP contribution in [0.15, 0.2) is 48.8 Å². The lowest BCUT2D eigenvalue weighted by atomic mass is 10.1. The second-order valence-corrected chi connectivity index (χ2v) is 8.69. The van der Waals surface area contributed by atoms with Crippen molar-refractivity contribution in [2.75, 3.05) is 23.4 Å². The summed E-state index contributed by atoms with van der Waals surface area (Å²) in [4.78, 5) is 11.8. The summed E-state index contributed by atoms with van der Waals surface area (Å²) in [7, 11) is 0. The molecule has 4 heterocycles. The number of aliphatic hydroxyl groups is 1. The average molecular weight is 455 g/mol. The van der Waals surface area contributed by atoms with E-state index >= 15 is 0 Å². The molecule has 0 bridgehead atoms. The number of nitrogens with zero attached hydrogens (tertiary/aromatic N) is 7. The van der Waals surface area contributed by atoms with Crippen LogP contribution in [-0.2, 0) is 6.42 Å². The highest BCUT2D eigenvalue weighted by molar-refractivity contribution is 5.82. The second kappa shape index (κ2) is 9.08. The Balaban J connectivity index is 1.48. The molecule has 0 saturated carbocycles. The molecule has 172 valence electrons. The molecule has 0 radical (unpaired) electrons. The molecule has 0 spiro atoms. The van der Waals surface area contributed by atoms with Crippen LogP contribution in [0.2, 0.25) is 0 Å². The molecule has 1 saturated heterocycles. The summed E-state index contributed by atoms with van der Waals surface area (Å²) in [6.07, 6.45) is 3.10. The molecule has 4 aromatic rings. The molecule has 5 rings (SSSR count). The van der Waals surface area contributed by atoms with Gasteiger partial charge in [-0.15, -0.1) is 5.10 Å². The van der Waals surface area contributed by atoms with Crippen LogP contribution in [0, 0.1) is 24.2 Å². The molecule has 0 unspecified atom stereocenters. The number of aliphatic hydroxyl groups excluding tert-OH is 1. The molecule has 0 amide bonds. The number of aromatic nitrogens is 5. The van der Waals surface area contributed by atoms with Gasteiger partial charge in [0.2, 0.25) is 0 Å². The van der Waals surface area contributed by atoms with E-state index in [1.165, 1.54) is 0 Å². The topological polar surface area (TPSA) is 116 Å². The summed E-state index contributed by atoms with van der Waals surface area (Å²) in [5.74, 6) is 2.23. The minimum absolute atomic E-state index is 0.0133. The number of nitriles is 1. The molecule has 34 heavy (non-hydrogen) atoms. The molecular formula is C25H26N8O. The van der Waals surface area contributed by atoms with Gasteiger partial charge in [0.1, 0.15) is 18.0 Å². The lowest BCUT2D eigenvalue weighted by Crippen LogP contribution is -2.29. The zero-order chi connectivity index (χ0) is 23.7. The van der Waals surface area contributed by atoms with Gasteiger partial charge in [-0.3, -0.25) is 4.57 Å². The maximum absolute atomic E-state index is 9.56. The first kappa shape index (κ1) is 21.8. The molecule has 2 atom stereocenters. The Bertz CT molecular complexity index is 1360. The van der Waals surface area contributed by atoms with E-state index in [-0.39, 0.29) is 18.6 Å². The van der Waals surface area contributed by atoms with Crippen LogP contribution >= 0.6 is 0 Å². The Morgan fingerprint density at radius 1 is 1.18 bits per heavy atom. The van der Waals surface area contributed by atoms with Gasteiger partial charge in [-0.05, 0) is 68.7 Å². The molecule has 9 nitrogen and oxygen atoms in total. The minimum atomic E-state index is -0.0133. The van der Waals surface area contributed by atoms with Crippen molar-refractivity contribution in [2.45, 2.75) is 32.7 Å². The Hall–Kier alpha value is -4.03. The number of benzene rings is 1. The number of hydrogen-bond donors (Lipinski definition) is 2. The van der Waals surface area contributed by atoms with Crippen molar-refractivity contribution in [3.05, 3.63) is 60.0 Å². The van der Waals surface area contributed by atoms with Gasteiger partial charge < -0.3 is 15.3 Å². The Kier molecular flexibility index (Phi) is 5.82. The van der Waals surface area contributed by atoms with Gasteiger partial charge in [0.05, 0.1) is 28.7 Å². The van der Waals surface area contributed by atoms with Crippen LogP contribution in [0.5, 0.6) is 0 Å². The van der Waals surface area contributed by atoms with Crippen LogP contribution in [-0.4, -0.2) is 49.0 Å². The van der Waals surface area contributed by atoms with E-state index in [4.69, 9.17) is 4.98 Å². The number of rotatable bonds is 6. The number of pyridine rings is 1. The molecule has 1 fully saturated rings. The predicted molar refractivity (Wildman–Crippen MR) is 130 cm³/mol. The first-order valence-electron chi connectivity index (χ1n) is 11.4.